The number of nitrogens with zero attached hydrogens (tertiary/aromatic N) is 2. The number of amides is 2. The van der Waals surface area contributed by atoms with E-state index in [2.05, 4.69) is 5.32 Å². The molecular formula is C31H28Cl2FN3O4S. The molecule has 0 aromatic heterocycles. The van der Waals surface area contributed by atoms with Crippen molar-refractivity contribution in [3.63, 3.8) is 0 Å². The summed E-state index contributed by atoms with van der Waals surface area (Å²) < 4.78 is 43.6. The third-order valence-corrected chi connectivity index (χ3v) is 8.93. The molecule has 0 aliphatic carbocycles. The van der Waals surface area contributed by atoms with Crippen LogP contribution in [0.4, 0.5) is 10.1 Å². The molecule has 0 saturated heterocycles. The standard InChI is InChI=1S/C31H28Cl2FN3O4S/c1-35-31(39)29(18-22-10-4-2-5-11-22)36(20-23-12-8-9-15-27(23)34)30(38)21-37(28-19-24(32)16-17-26(28)33)42(40,41)25-13-6-3-7-14-25/h2-17,19,29H,18,20-21H2,1H3,(H,35,39)/t29-/m0/s1. The molecule has 0 radical (unpaired) electrons. The number of anilines is 1. The Hall–Kier alpha value is -3.92. The maximum Gasteiger partial charge on any atom is 0.264 e. The van der Waals surface area contributed by atoms with E-state index < -0.39 is 40.2 Å². The van der Waals surface area contributed by atoms with E-state index in [1.165, 1.54) is 60.5 Å². The van der Waals surface area contributed by atoms with Gasteiger partial charge in [-0.25, -0.2) is 12.8 Å². The fraction of sp³-hybridized carbons (Fsp3) is 0.161. The van der Waals surface area contributed by atoms with Gasteiger partial charge in [-0.05, 0) is 42.0 Å². The summed E-state index contributed by atoms with van der Waals surface area (Å²) in [6, 6.07) is 25.6. The number of halogens is 3. The Morgan fingerprint density at radius 1 is 0.881 bits per heavy atom. The van der Waals surface area contributed by atoms with Crippen LogP contribution in [0, 0.1) is 5.82 Å². The van der Waals surface area contributed by atoms with Gasteiger partial charge < -0.3 is 10.2 Å². The predicted octanol–water partition coefficient (Wildman–Crippen LogP) is 5.71. The second kappa shape index (κ2) is 13.8. The van der Waals surface area contributed by atoms with Gasteiger partial charge in [0.05, 0.1) is 15.6 Å². The van der Waals surface area contributed by atoms with Gasteiger partial charge >= 0.3 is 0 Å². The quantitative estimate of drug-likeness (QED) is 0.231. The highest BCUT2D eigenvalue weighted by molar-refractivity contribution is 7.92. The number of benzene rings is 4. The van der Waals surface area contributed by atoms with Crippen molar-refractivity contribution in [3.8, 4) is 0 Å². The van der Waals surface area contributed by atoms with Crippen LogP contribution in [0.3, 0.4) is 0 Å². The molecule has 0 heterocycles. The summed E-state index contributed by atoms with van der Waals surface area (Å²) in [7, 11) is -2.91. The van der Waals surface area contributed by atoms with Crippen molar-refractivity contribution in [2.75, 3.05) is 17.9 Å². The summed E-state index contributed by atoms with van der Waals surface area (Å²) in [5.74, 6) is -1.82. The number of nitrogens with one attached hydrogen (secondary N) is 1. The molecular weight excluding hydrogens is 600 g/mol. The second-order valence-electron chi connectivity index (χ2n) is 9.35. The SMILES string of the molecule is CNC(=O)[C@H](Cc1ccccc1)N(Cc1ccccc1F)C(=O)CN(c1cc(Cl)ccc1Cl)S(=O)(=O)c1ccccc1. The molecule has 1 N–H and O–H groups in total. The third-order valence-electron chi connectivity index (χ3n) is 6.60. The van der Waals surface area contributed by atoms with E-state index in [4.69, 9.17) is 23.2 Å². The van der Waals surface area contributed by atoms with Crippen LogP contribution < -0.4 is 9.62 Å². The highest BCUT2D eigenvalue weighted by atomic mass is 35.5. The monoisotopic (exact) mass is 627 g/mol. The molecule has 0 unspecified atom stereocenters. The van der Waals surface area contributed by atoms with Gasteiger partial charge in [0.2, 0.25) is 11.8 Å². The van der Waals surface area contributed by atoms with Crippen molar-refractivity contribution in [2.45, 2.75) is 23.9 Å². The van der Waals surface area contributed by atoms with Gasteiger partial charge in [0.1, 0.15) is 18.4 Å². The number of likely N-dealkylation sites (N-methyl/N-ethyl adjacent to an activating group) is 1. The Bertz CT molecular complexity index is 1660. The zero-order valence-corrected chi connectivity index (χ0v) is 24.9. The molecule has 4 aromatic rings. The Kier molecular flexibility index (Phi) is 10.2. The third kappa shape index (κ3) is 7.28. The summed E-state index contributed by atoms with van der Waals surface area (Å²) >= 11 is 12.6. The summed E-state index contributed by atoms with van der Waals surface area (Å²) in [4.78, 5) is 28.6. The van der Waals surface area contributed by atoms with Gasteiger partial charge in [0.15, 0.2) is 0 Å². The minimum Gasteiger partial charge on any atom is -0.357 e. The summed E-state index contributed by atoms with van der Waals surface area (Å²) in [5.41, 5.74) is 0.891. The van der Waals surface area contributed by atoms with Crippen LogP contribution in [0.15, 0.2) is 108 Å². The van der Waals surface area contributed by atoms with Crippen molar-refractivity contribution >= 4 is 50.7 Å². The van der Waals surface area contributed by atoms with Crippen LogP contribution >= 0.6 is 23.2 Å². The lowest BCUT2D eigenvalue weighted by Crippen LogP contribution is -2.53. The number of carbonyl (C=O) groups is 2. The molecule has 2 amide bonds. The van der Waals surface area contributed by atoms with Gasteiger partial charge in [-0.3, -0.25) is 13.9 Å². The molecule has 11 heteroatoms. The van der Waals surface area contributed by atoms with E-state index >= 15 is 0 Å². The van der Waals surface area contributed by atoms with E-state index in [-0.39, 0.29) is 39.2 Å². The largest absolute Gasteiger partial charge is 0.357 e. The summed E-state index contributed by atoms with van der Waals surface area (Å²) in [6.45, 7) is -1.03. The number of rotatable bonds is 11. The van der Waals surface area contributed by atoms with Crippen LogP contribution in [0.2, 0.25) is 10.0 Å². The average Bonchev–Trinajstić information content (AvgIpc) is 3.00. The van der Waals surface area contributed by atoms with Gasteiger partial charge in [0, 0.05) is 30.6 Å². The molecule has 7 nitrogen and oxygen atoms in total. The molecule has 0 saturated carbocycles. The lowest BCUT2D eigenvalue weighted by atomic mass is 10.0. The first-order chi connectivity index (χ1) is 20.1. The molecule has 4 aromatic carbocycles. The minimum atomic E-state index is -4.35. The van der Waals surface area contributed by atoms with Crippen LogP contribution in [0.1, 0.15) is 11.1 Å². The Morgan fingerprint density at radius 3 is 2.14 bits per heavy atom. The first-order valence-electron chi connectivity index (χ1n) is 12.9. The molecule has 0 bridgehead atoms. The fourth-order valence-electron chi connectivity index (χ4n) is 4.44. The minimum absolute atomic E-state index is 0.0215. The van der Waals surface area contributed by atoms with Gasteiger partial charge in [0.25, 0.3) is 10.0 Å². The molecule has 0 spiro atoms. The summed E-state index contributed by atoms with van der Waals surface area (Å²) in [5, 5.41) is 2.82. The van der Waals surface area contributed by atoms with Crippen LogP contribution in [-0.2, 0) is 32.6 Å². The molecule has 218 valence electrons. The Balaban J connectivity index is 1.82. The van der Waals surface area contributed by atoms with Gasteiger partial charge in [-0.2, -0.15) is 0 Å². The van der Waals surface area contributed by atoms with E-state index in [0.717, 1.165) is 9.87 Å². The van der Waals surface area contributed by atoms with E-state index in [1.807, 2.05) is 6.07 Å². The number of hydrogen-bond donors (Lipinski definition) is 1. The van der Waals surface area contributed by atoms with E-state index in [0.29, 0.717) is 0 Å². The zero-order valence-electron chi connectivity index (χ0n) is 22.6. The first kappa shape index (κ1) is 31.0. The molecule has 1 atom stereocenters. The van der Waals surface area contributed by atoms with Gasteiger partial charge in [-0.15, -0.1) is 0 Å². The summed E-state index contributed by atoms with van der Waals surface area (Å²) in [6.07, 6.45) is 0.101. The lowest BCUT2D eigenvalue weighted by Gasteiger charge is -2.33. The molecule has 4 rings (SSSR count). The number of sulfonamides is 1. The normalized spacial score (nSPS) is 11.9. The molecule has 0 aliphatic heterocycles. The number of carbonyl (C=O) groups excluding carboxylic acids is 2. The second-order valence-corrected chi connectivity index (χ2v) is 12.1. The Labute approximate surface area is 254 Å². The fourth-order valence-corrected chi connectivity index (χ4v) is 6.32. The van der Waals surface area contributed by atoms with Crippen molar-refractivity contribution < 1.29 is 22.4 Å². The first-order valence-corrected chi connectivity index (χ1v) is 15.1. The van der Waals surface area contributed by atoms with E-state index in [9.17, 15) is 22.4 Å². The van der Waals surface area contributed by atoms with Crippen LogP contribution in [0.5, 0.6) is 0 Å². The van der Waals surface area contributed by atoms with Crippen LogP contribution in [0.25, 0.3) is 0 Å². The maximum atomic E-state index is 14.8. The average molecular weight is 629 g/mol. The zero-order chi connectivity index (χ0) is 30.3. The smallest absolute Gasteiger partial charge is 0.264 e. The van der Waals surface area contributed by atoms with E-state index in [1.54, 1.807) is 48.5 Å². The molecule has 0 aliphatic rings. The highest BCUT2D eigenvalue weighted by Gasteiger charge is 2.35. The van der Waals surface area contributed by atoms with Gasteiger partial charge in [-0.1, -0.05) is 89.9 Å². The molecule has 42 heavy (non-hydrogen) atoms. The van der Waals surface area contributed by atoms with Crippen molar-refractivity contribution in [3.05, 3.63) is 130 Å². The Morgan fingerprint density at radius 2 is 1.50 bits per heavy atom. The van der Waals surface area contributed by atoms with Crippen molar-refractivity contribution in [1.82, 2.24) is 10.2 Å². The highest BCUT2D eigenvalue weighted by Crippen LogP contribution is 2.33. The molecule has 0 fully saturated rings. The lowest BCUT2D eigenvalue weighted by molar-refractivity contribution is -0.139. The number of hydrogen-bond acceptors (Lipinski definition) is 4. The van der Waals surface area contributed by atoms with Crippen molar-refractivity contribution in [1.29, 1.82) is 0 Å². The van der Waals surface area contributed by atoms with Crippen LogP contribution in [-0.4, -0.2) is 44.8 Å². The predicted molar refractivity (Wildman–Crippen MR) is 162 cm³/mol. The maximum absolute atomic E-state index is 14.8. The topological polar surface area (TPSA) is 86.8 Å². The van der Waals surface area contributed by atoms with Crippen molar-refractivity contribution in [2.24, 2.45) is 0 Å².